The van der Waals surface area contributed by atoms with E-state index in [0.717, 1.165) is 18.1 Å². The van der Waals surface area contributed by atoms with E-state index in [4.69, 9.17) is 16.3 Å². The predicted octanol–water partition coefficient (Wildman–Crippen LogP) is 2.66. The molecule has 1 aliphatic carbocycles. The van der Waals surface area contributed by atoms with Crippen LogP contribution in [0.3, 0.4) is 0 Å². The van der Waals surface area contributed by atoms with Gasteiger partial charge >= 0.3 is 0 Å². The number of rotatable bonds is 4. The average molecular weight is 198 g/mol. The molecule has 1 aromatic rings. The molecular weight excluding hydrogens is 186 g/mol. The number of aromatic nitrogens is 1. The number of halogens is 1. The Balaban J connectivity index is 1.76. The maximum Gasteiger partial charge on any atom is 0.129 e. The fraction of sp³-hybridized carbons (Fsp3) is 0.500. The van der Waals surface area contributed by atoms with Crippen LogP contribution in [0.15, 0.2) is 18.3 Å². The van der Waals surface area contributed by atoms with Crippen LogP contribution in [0.1, 0.15) is 18.4 Å². The molecule has 1 heterocycles. The van der Waals surface area contributed by atoms with Crippen molar-refractivity contribution in [1.29, 1.82) is 0 Å². The molecule has 1 fully saturated rings. The van der Waals surface area contributed by atoms with Crippen molar-refractivity contribution in [3.8, 4) is 0 Å². The summed E-state index contributed by atoms with van der Waals surface area (Å²) < 4.78 is 5.50. The minimum Gasteiger partial charge on any atom is -0.376 e. The first kappa shape index (κ1) is 8.97. The highest BCUT2D eigenvalue weighted by Gasteiger charge is 2.20. The van der Waals surface area contributed by atoms with E-state index in [0.29, 0.717) is 11.8 Å². The van der Waals surface area contributed by atoms with Crippen molar-refractivity contribution in [2.24, 2.45) is 5.92 Å². The normalized spacial score (nSPS) is 16.1. The van der Waals surface area contributed by atoms with Gasteiger partial charge in [-0.3, -0.25) is 0 Å². The van der Waals surface area contributed by atoms with Gasteiger partial charge < -0.3 is 4.74 Å². The molecule has 0 aromatic carbocycles. The summed E-state index contributed by atoms with van der Waals surface area (Å²) in [5.41, 5.74) is 1.09. The molecular formula is C10H12ClNO. The second kappa shape index (κ2) is 4.07. The van der Waals surface area contributed by atoms with E-state index < -0.39 is 0 Å². The second-order valence-electron chi connectivity index (χ2n) is 3.45. The largest absolute Gasteiger partial charge is 0.376 e. The highest BCUT2D eigenvalue weighted by Crippen LogP contribution is 2.29. The van der Waals surface area contributed by atoms with Crippen molar-refractivity contribution in [3.63, 3.8) is 0 Å². The summed E-state index contributed by atoms with van der Waals surface area (Å²) in [6.07, 6.45) is 4.42. The van der Waals surface area contributed by atoms with Crippen LogP contribution in [0.5, 0.6) is 0 Å². The van der Waals surface area contributed by atoms with Gasteiger partial charge in [-0.2, -0.15) is 0 Å². The minimum absolute atomic E-state index is 0.533. The summed E-state index contributed by atoms with van der Waals surface area (Å²) in [6.45, 7) is 1.54. The summed E-state index contributed by atoms with van der Waals surface area (Å²) >= 11 is 5.65. The summed E-state index contributed by atoms with van der Waals surface area (Å²) in [5.74, 6) is 0.820. The van der Waals surface area contributed by atoms with Crippen LogP contribution in [-0.4, -0.2) is 11.6 Å². The third-order valence-corrected chi connectivity index (χ3v) is 2.33. The first-order valence-corrected chi connectivity index (χ1v) is 4.90. The zero-order valence-electron chi connectivity index (χ0n) is 7.37. The Morgan fingerprint density at radius 3 is 2.92 bits per heavy atom. The zero-order valence-corrected chi connectivity index (χ0v) is 8.13. The minimum atomic E-state index is 0.533. The van der Waals surface area contributed by atoms with E-state index in [1.54, 1.807) is 12.3 Å². The molecule has 1 aliphatic rings. The molecule has 0 aliphatic heterocycles. The Morgan fingerprint density at radius 1 is 1.46 bits per heavy atom. The van der Waals surface area contributed by atoms with Gasteiger partial charge in [0.1, 0.15) is 5.15 Å². The highest BCUT2D eigenvalue weighted by molar-refractivity contribution is 6.29. The number of nitrogens with zero attached hydrogens (tertiary/aromatic N) is 1. The average Bonchev–Trinajstić information content (AvgIpc) is 2.92. The van der Waals surface area contributed by atoms with Gasteiger partial charge in [-0.25, -0.2) is 4.98 Å². The Labute approximate surface area is 82.9 Å². The van der Waals surface area contributed by atoms with E-state index in [2.05, 4.69) is 4.98 Å². The SMILES string of the molecule is Clc1ccc(COCC2CC2)cn1. The molecule has 0 spiro atoms. The van der Waals surface area contributed by atoms with Crippen molar-refractivity contribution >= 4 is 11.6 Å². The maximum atomic E-state index is 5.65. The van der Waals surface area contributed by atoms with E-state index in [9.17, 15) is 0 Å². The molecule has 1 aromatic heterocycles. The number of pyridine rings is 1. The maximum absolute atomic E-state index is 5.65. The van der Waals surface area contributed by atoms with Crippen LogP contribution in [0, 0.1) is 5.92 Å². The molecule has 0 atom stereocenters. The van der Waals surface area contributed by atoms with Crippen LogP contribution < -0.4 is 0 Å². The van der Waals surface area contributed by atoms with Crippen molar-refractivity contribution < 1.29 is 4.74 Å². The predicted molar refractivity (Wildman–Crippen MR) is 51.6 cm³/mol. The lowest BCUT2D eigenvalue weighted by molar-refractivity contribution is 0.111. The van der Waals surface area contributed by atoms with Gasteiger partial charge in [0.15, 0.2) is 0 Å². The molecule has 0 unspecified atom stereocenters. The molecule has 2 rings (SSSR count). The fourth-order valence-corrected chi connectivity index (χ4v) is 1.23. The third-order valence-electron chi connectivity index (χ3n) is 2.11. The highest BCUT2D eigenvalue weighted by atomic mass is 35.5. The molecule has 0 saturated heterocycles. The molecule has 3 heteroatoms. The number of ether oxygens (including phenoxy) is 1. The van der Waals surface area contributed by atoms with E-state index in [1.165, 1.54) is 12.8 Å². The lowest BCUT2D eigenvalue weighted by atomic mass is 10.3. The van der Waals surface area contributed by atoms with Crippen LogP contribution in [0.4, 0.5) is 0 Å². The van der Waals surface area contributed by atoms with Gasteiger partial charge in [0.2, 0.25) is 0 Å². The molecule has 0 radical (unpaired) electrons. The molecule has 70 valence electrons. The van der Waals surface area contributed by atoms with Gasteiger partial charge in [0, 0.05) is 12.8 Å². The Bertz CT molecular complexity index is 269. The van der Waals surface area contributed by atoms with Crippen molar-refractivity contribution in [1.82, 2.24) is 4.98 Å². The summed E-state index contributed by atoms with van der Waals surface area (Å²) in [6, 6.07) is 3.74. The van der Waals surface area contributed by atoms with Gasteiger partial charge in [-0.15, -0.1) is 0 Å². The van der Waals surface area contributed by atoms with Crippen LogP contribution in [-0.2, 0) is 11.3 Å². The van der Waals surface area contributed by atoms with E-state index in [1.807, 2.05) is 6.07 Å². The number of hydrogen-bond acceptors (Lipinski definition) is 2. The lowest BCUT2D eigenvalue weighted by Crippen LogP contribution is -1.97. The Hall–Kier alpha value is -0.600. The molecule has 1 saturated carbocycles. The molecule has 0 amide bonds. The lowest BCUT2D eigenvalue weighted by Gasteiger charge is -2.02. The zero-order chi connectivity index (χ0) is 9.10. The smallest absolute Gasteiger partial charge is 0.129 e. The number of hydrogen-bond donors (Lipinski definition) is 0. The fourth-order valence-electron chi connectivity index (χ4n) is 1.12. The van der Waals surface area contributed by atoms with E-state index in [-0.39, 0.29) is 0 Å². The van der Waals surface area contributed by atoms with Gasteiger partial charge in [0.25, 0.3) is 0 Å². The Morgan fingerprint density at radius 2 is 2.31 bits per heavy atom. The molecule has 0 bridgehead atoms. The van der Waals surface area contributed by atoms with Crippen molar-refractivity contribution in [3.05, 3.63) is 29.0 Å². The summed E-state index contributed by atoms with van der Waals surface area (Å²) in [7, 11) is 0. The van der Waals surface area contributed by atoms with Crippen LogP contribution in [0.2, 0.25) is 5.15 Å². The van der Waals surface area contributed by atoms with Gasteiger partial charge in [0.05, 0.1) is 6.61 Å². The van der Waals surface area contributed by atoms with Crippen LogP contribution in [0.25, 0.3) is 0 Å². The molecule has 2 nitrogen and oxygen atoms in total. The van der Waals surface area contributed by atoms with Crippen LogP contribution >= 0.6 is 11.6 Å². The van der Waals surface area contributed by atoms with E-state index >= 15 is 0 Å². The molecule has 0 N–H and O–H groups in total. The van der Waals surface area contributed by atoms with Crippen molar-refractivity contribution in [2.45, 2.75) is 19.4 Å². The Kier molecular flexibility index (Phi) is 2.81. The van der Waals surface area contributed by atoms with Gasteiger partial charge in [-0.05, 0) is 30.4 Å². The molecule has 13 heavy (non-hydrogen) atoms. The topological polar surface area (TPSA) is 22.1 Å². The monoisotopic (exact) mass is 197 g/mol. The van der Waals surface area contributed by atoms with Crippen molar-refractivity contribution in [2.75, 3.05) is 6.61 Å². The summed E-state index contributed by atoms with van der Waals surface area (Å²) in [4.78, 5) is 3.98. The quantitative estimate of drug-likeness (QED) is 0.693. The second-order valence-corrected chi connectivity index (χ2v) is 3.83. The summed E-state index contributed by atoms with van der Waals surface area (Å²) in [5, 5.41) is 0.533. The standard InChI is InChI=1S/C10H12ClNO/c11-10-4-3-9(5-12-10)7-13-6-8-1-2-8/h3-5,8H,1-2,6-7H2. The third kappa shape index (κ3) is 2.98. The van der Waals surface area contributed by atoms with Gasteiger partial charge in [-0.1, -0.05) is 17.7 Å². The first-order chi connectivity index (χ1) is 6.34. The first-order valence-electron chi connectivity index (χ1n) is 4.53.